The molecule has 0 saturated carbocycles. The topological polar surface area (TPSA) is 55.4 Å². The minimum atomic E-state index is -0.450. The zero-order valence-corrected chi connectivity index (χ0v) is 9.40. The van der Waals surface area contributed by atoms with Crippen LogP contribution in [0.4, 0.5) is 0 Å². The quantitative estimate of drug-likeness (QED) is 0.774. The number of amides is 1. The predicted octanol–water partition coefficient (Wildman–Crippen LogP) is 1.08. The minimum Gasteiger partial charge on any atom is -0.468 e. The van der Waals surface area contributed by atoms with Crippen LogP contribution in [0.25, 0.3) is 0 Å². The van der Waals surface area contributed by atoms with Crippen LogP contribution in [-0.4, -0.2) is 25.5 Å². The van der Waals surface area contributed by atoms with Gasteiger partial charge in [-0.2, -0.15) is 0 Å². The van der Waals surface area contributed by atoms with Gasteiger partial charge in [0.25, 0.3) is 0 Å². The monoisotopic (exact) mass is 221 g/mol. The summed E-state index contributed by atoms with van der Waals surface area (Å²) in [6, 6.07) is 9.40. The van der Waals surface area contributed by atoms with E-state index in [0.717, 1.165) is 5.56 Å². The third kappa shape index (κ3) is 3.38. The lowest BCUT2D eigenvalue weighted by atomic mass is 10.0. The van der Waals surface area contributed by atoms with Crippen LogP contribution in [-0.2, 0) is 14.3 Å². The van der Waals surface area contributed by atoms with Gasteiger partial charge < -0.3 is 10.1 Å². The molecule has 1 rings (SSSR count). The van der Waals surface area contributed by atoms with Gasteiger partial charge in [0.2, 0.25) is 5.91 Å². The SMILES string of the molecule is COC(=O)CNC(=O)C(C)c1ccccc1. The molecule has 0 aliphatic rings. The number of carbonyl (C=O) groups excluding carboxylic acids is 2. The van der Waals surface area contributed by atoms with Gasteiger partial charge >= 0.3 is 5.97 Å². The number of methoxy groups -OCH3 is 1. The van der Waals surface area contributed by atoms with Crippen LogP contribution >= 0.6 is 0 Å². The molecule has 1 aromatic carbocycles. The fraction of sp³-hybridized carbons (Fsp3) is 0.333. The second kappa shape index (κ2) is 5.90. The highest BCUT2D eigenvalue weighted by atomic mass is 16.5. The van der Waals surface area contributed by atoms with Crippen LogP contribution in [0.5, 0.6) is 0 Å². The van der Waals surface area contributed by atoms with Crippen LogP contribution in [0.1, 0.15) is 18.4 Å². The third-order valence-electron chi connectivity index (χ3n) is 2.33. The minimum absolute atomic E-state index is 0.0908. The van der Waals surface area contributed by atoms with Crippen molar-refractivity contribution in [3.63, 3.8) is 0 Å². The highest BCUT2D eigenvalue weighted by Gasteiger charge is 2.15. The van der Waals surface area contributed by atoms with Crippen LogP contribution in [0.3, 0.4) is 0 Å². The van der Waals surface area contributed by atoms with E-state index in [0.29, 0.717) is 0 Å². The van der Waals surface area contributed by atoms with Crippen molar-refractivity contribution in [2.24, 2.45) is 0 Å². The van der Waals surface area contributed by atoms with E-state index in [4.69, 9.17) is 0 Å². The maximum Gasteiger partial charge on any atom is 0.325 e. The Morgan fingerprint density at radius 1 is 1.31 bits per heavy atom. The Kier molecular flexibility index (Phi) is 4.51. The largest absolute Gasteiger partial charge is 0.468 e. The van der Waals surface area contributed by atoms with E-state index in [9.17, 15) is 9.59 Å². The first-order valence-corrected chi connectivity index (χ1v) is 5.04. The summed E-state index contributed by atoms with van der Waals surface area (Å²) >= 11 is 0. The van der Waals surface area contributed by atoms with Gasteiger partial charge in [0, 0.05) is 0 Å². The molecule has 0 heterocycles. The van der Waals surface area contributed by atoms with E-state index in [-0.39, 0.29) is 18.4 Å². The summed E-state index contributed by atoms with van der Waals surface area (Å²) < 4.78 is 4.43. The average Bonchev–Trinajstić information content (AvgIpc) is 2.35. The normalized spacial score (nSPS) is 11.6. The molecule has 1 N–H and O–H groups in total. The molecular weight excluding hydrogens is 206 g/mol. The first-order chi connectivity index (χ1) is 7.65. The van der Waals surface area contributed by atoms with Crippen molar-refractivity contribution < 1.29 is 14.3 Å². The fourth-order valence-corrected chi connectivity index (χ4v) is 1.28. The van der Waals surface area contributed by atoms with Crippen molar-refractivity contribution in [1.29, 1.82) is 0 Å². The van der Waals surface area contributed by atoms with Gasteiger partial charge in [0.05, 0.1) is 13.0 Å². The molecule has 0 saturated heterocycles. The molecular formula is C12H15NO3. The molecule has 0 fully saturated rings. The molecule has 4 nitrogen and oxygen atoms in total. The molecule has 1 unspecified atom stereocenters. The lowest BCUT2D eigenvalue weighted by molar-refractivity contribution is -0.141. The smallest absolute Gasteiger partial charge is 0.325 e. The third-order valence-corrected chi connectivity index (χ3v) is 2.33. The zero-order valence-electron chi connectivity index (χ0n) is 9.40. The molecule has 16 heavy (non-hydrogen) atoms. The van der Waals surface area contributed by atoms with Crippen molar-refractivity contribution in [2.45, 2.75) is 12.8 Å². The fourth-order valence-electron chi connectivity index (χ4n) is 1.28. The standard InChI is InChI=1S/C12H15NO3/c1-9(10-6-4-3-5-7-10)12(15)13-8-11(14)16-2/h3-7,9H,8H2,1-2H3,(H,13,15). The first-order valence-electron chi connectivity index (χ1n) is 5.04. The first kappa shape index (κ1) is 12.2. The Labute approximate surface area is 94.6 Å². The summed E-state index contributed by atoms with van der Waals surface area (Å²) in [4.78, 5) is 22.5. The molecule has 0 aromatic heterocycles. The Morgan fingerprint density at radius 2 is 1.94 bits per heavy atom. The highest BCUT2D eigenvalue weighted by Crippen LogP contribution is 2.13. The Hall–Kier alpha value is -1.84. The van der Waals surface area contributed by atoms with Crippen molar-refractivity contribution in [3.8, 4) is 0 Å². The molecule has 0 aliphatic heterocycles. The summed E-state index contributed by atoms with van der Waals surface area (Å²) in [5, 5.41) is 2.52. The van der Waals surface area contributed by atoms with Gasteiger partial charge in [-0.15, -0.1) is 0 Å². The van der Waals surface area contributed by atoms with Crippen molar-refractivity contribution >= 4 is 11.9 Å². The van der Waals surface area contributed by atoms with Crippen LogP contribution in [0.15, 0.2) is 30.3 Å². The number of hydrogen-bond acceptors (Lipinski definition) is 3. The Balaban J connectivity index is 2.52. The highest BCUT2D eigenvalue weighted by molar-refractivity contribution is 5.86. The predicted molar refractivity (Wildman–Crippen MR) is 59.9 cm³/mol. The molecule has 4 heteroatoms. The second-order valence-corrected chi connectivity index (χ2v) is 3.43. The number of ether oxygens (including phenoxy) is 1. The van der Waals surface area contributed by atoms with Gasteiger partial charge in [0.1, 0.15) is 6.54 Å². The lowest BCUT2D eigenvalue weighted by Crippen LogP contribution is -2.33. The molecule has 86 valence electrons. The van der Waals surface area contributed by atoms with Crippen LogP contribution in [0.2, 0.25) is 0 Å². The zero-order chi connectivity index (χ0) is 12.0. The molecule has 1 atom stereocenters. The summed E-state index contributed by atoms with van der Waals surface area (Å²) in [6.45, 7) is 1.70. The van der Waals surface area contributed by atoms with E-state index >= 15 is 0 Å². The lowest BCUT2D eigenvalue weighted by Gasteiger charge is -2.11. The van der Waals surface area contributed by atoms with Gasteiger partial charge in [0.15, 0.2) is 0 Å². The van der Waals surface area contributed by atoms with Gasteiger partial charge in [-0.3, -0.25) is 9.59 Å². The number of esters is 1. The van der Waals surface area contributed by atoms with E-state index < -0.39 is 5.97 Å². The summed E-state index contributed by atoms with van der Waals surface area (Å²) in [7, 11) is 1.29. The van der Waals surface area contributed by atoms with E-state index in [1.54, 1.807) is 6.92 Å². The van der Waals surface area contributed by atoms with E-state index in [2.05, 4.69) is 10.1 Å². The molecule has 0 bridgehead atoms. The molecule has 0 radical (unpaired) electrons. The van der Waals surface area contributed by atoms with Crippen LogP contribution < -0.4 is 5.32 Å². The summed E-state index contributed by atoms with van der Waals surface area (Å²) in [5.74, 6) is -0.906. The Morgan fingerprint density at radius 3 is 2.50 bits per heavy atom. The maximum atomic E-state index is 11.6. The number of carbonyl (C=O) groups is 2. The van der Waals surface area contributed by atoms with Crippen LogP contribution in [0, 0.1) is 0 Å². The van der Waals surface area contributed by atoms with Crippen molar-refractivity contribution in [2.75, 3.05) is 13.7 Å². The maximum absolute atomic E-state index is 11.6. The van der Waals surface area contributed by atoms with Crippen molar-refractivity contribution in [3.05, 3.63) is 35.9 Å². The number of benzene rings is 1. The van der Waals surface area contributed by atoms with E-state index in [1.807, 2.05) is 30.3 Å². The molecule has 1 aromatic rings. The summed E-state index contributed by atoms with van der Waals surface area (Å²) in [6.07, 6.45) is 0. The molecule has 1 amide bonds. The van der Waals surface area contributed by atoms with E-state index in [1.165, 1.54) is 7.11 Å². The van der Waals surface area contributed by atoms with Crippen molar-refractivity contribution in [1.82, 2.24) is 5.32 Å². The Bertz CT molecular complexity index is 362. The second-order valence-electron chi connectivity index (χ2n) is 3.43. The molecule has 0 spiro atoms. The summed E-state index contributed by atoms with van der Waals surface area (Å²) in [5.41, 5.74) is 0.921. The number of rotatable bonds is 4. The average molecular weight is 221 g/mol. The number of hydrogen-bond donors (Lipinski definition) is 1. The number of nitrogens with one attached hydrogen (secondary N) is 1. The van der Waals surface area contributed by atoms with Gasteiger partial charge in [-0.25, -0.2) is 0 Å². The molecule has 0 aliphatic carbocycles. The van der Waals surface area contributed by atoms with Gasteiger partial charge in [-0.05, 0) is 12.5 Å². The van der Waals surface area contributed by atoms with Gasteiger partial charge in [-0.1, -0.05) is 30.3 Å².